The molecule has 18 heavy (non-hydrogen) atoms. The summed E-state index contributed by atoms with van der Waals surface area (Å²) in [7, 11) is 1.74. The van der Waals surface area contributed by atoms with Crippen molar-refractivity contribution in [3.05, 3.63) is 35.1 Å². The van der Waals surface area contributed by atoms with Crippen LogP contribution in [0, 0.1) is 18.7 Å². The van der Waals surface area contributed by atoms with Crippen LogP contribution in [0.3, 0.4) is 0 Å². The molecule has 0 spiro atoms. The van der Waals surface area contributed by atoms with Gasteiger partial charge in [-0.15, -0.1) is 0 Å². The maximum absolute atomic E-state index is 13.6. The maximum Gasteiger partial charge on any atom is 0.256 e. The summed E-state index contributed by atoms with van der Waals surface area (Å²) in [5.74, 6) is -0.130. The lowest BCUT2D eigenvalue weighted by molar-refractivity contribution is 0.0744. The lowest BCUT2D eigenvalue weighted by Gasteiger charge is -2.34. The van der Waals surface area contributed by atoms with Gasteiger partial charge in [0.2, 0.25) is 0 Å². The zero-order chi connectivity index (χ0) is 13.3. The van der Waals surface area contributed by atoms with E-state index >= 15 is 0 Å². The first kappa shape index (κ1) is 13.5. The lowest BCUT2D eigenvalue weighted by atomic mass is 9.85. The van der Waals surface area contributed by atoms with Crippen LogP contribution in [0.1, 0.15) is 28.8 Å². The summed E-state index contributed by atoms with van der Waals surface area (Å²) in [5, 5.41) is 0. The summed E-state index contributed by atoms with van der Waals surface area (Å²) < 4.78 is 13.6. The van der Waals surface area contributed by atoms with Crippen molar-refractivity contribution in [3.63, 3.8) is 0 Å². The third-order valence-corrected chi connectivity index (χ3v) is 4.16. The average molecular weight is 314 g/mol. The number of nitrogens with zero attached hydrogens (tertiary/aromatic N) is 1. The molecule has 1 aliphatic carbocycles. The zero-order valence-electron chi connectivity index (χ0n) is 10.6. The topological polar surface area (TPSA) is 20.3 Å². The van der Waals surface area contributed by atoms with E-state index in [2.05, 4.69) is 15.9 Å². The molecule has 0 aromatic heterocycles. The molecule has 98 valence electrons. The molecule has 2 nitrogen and oxygen atoms in total. The predicted octanol–water partition coefficient (Wildman–Crippen LogP) is 3.38. The Balaban J connectivity index is 2.03. The Labute approximate surface area is 115 Å². The molecule has 2 rings (SSSR count). The van der Waals surface area contributed by atoms with Gasteiger partial charge in [-0.25, -0.2) is 4.39 Å². The van der Waals surface area contributed by atoms with Crippen LogP contribution in [0.5, 0.6) is 0 Å². The fraction of sp³-hybridized carbons (Fsp3) is 0.500. The van der Waals surface area contributed by atoms with Crippen molar-refractivity contribution in [1.29, 1.82) is 0 Å². The van der Waals surface area contributed by atoms with Crippen LogP contribution < -0.4 is 0 Å². The van der Waals surface area contributed by atoms with Crippen LogP contribution in [0.25, 0.3) is 0 Å². The van der Waals surface area contributed by atoms with E-state index in [1.807, 2.05) is 6.92 Å². The summed E-state index contributed by atoms with van der Waals surface area (Å²) in [6.45, 7) is 2.56. The molecule has 4 heteroatoms. The minimum Gasteiger partial charge on any atom is -0.341 e. The summed E-state index contributed by atoms with van der Waals surface area (Å²) in [5.41, 5.74) is 1.07. The molecule has 0 bridgehead atoms. The molecule has 0 atom stereocenters. The van der Waals surface area contributed by atoms with Crippen molar-refractivity contribution in [1.82, 2.24) is 4.90 Å². The molecular weight excluding hydrogens is 297 g/mol. The van der Waals surface area contributed by atoms with Crippen molar-refractivity contribution in [2.45, 2.75) is 24.6 Å². The number of carbonyl (C=O) groups is 1. The molecule has 1 amide bonds. The molecule has 1 saturated carbocycles. The molecule has 1 fully saturated rings. The Hall–Kier alpha value is -0.900. The van der Waals surface area contributed by atoms with Crippen LogP contribution in [0.4, 0.5) is 4.39 Å². The molecular formula is C14H17BrFNO. The number of hydrogen-bond donors (Lipinski definition) is 0. The fourth-order valence-electron chi connectivity index (χ4n) is 2.28. The lowest BCUT2D eigenvalue weighted by Crippen LogP contribution is -2.38. The van der Waals surface area contributed by atoms with Crippen molar-refractivity contribution in [2.75, 3.05) is 13.6 Å². The Kier molecular flexibility index (Phi) is 4.05. The molecule has 1 aliphatic rings. The van der Waals surface area contributed by atoms with Crippen molar-refractivity contribution >= 4 is 21.8 Å². The summed E-state index contributed by atoms with van der Waals surface area (Å²) in [4.78, 5) is 14.4. The summed E-state index contributed by atoms with van der Waals surface area (Å²) in [6, 6.07) is 4.64. The summed E-state index contributed by atoms with van der Waals surface area (Å²) in [6.07, 6.45) is 2.18. The first-order chi connectivity index (χ1) is 8.47. The SMILES string of the molecule is Cc1ccc(F)c(C(=O)N(C)CC2CC(Br)C2)c1. The van der Waals surface area contributed by atoms with Crippen LogP contribution in [-0.2, 0) is 0 Å². The van der Waals surface area contributed by atoms with E-state index in [0.29, 0.717) is 17.3 Å². The highest BCUT2D eigenvalue weighted by Gasteiger charge is 2.29. The molecule has 0 saturated heterocycles. The van der Waals surface area contributed by atoms with Gasteiger partial charge in [-0.05, 0) is 37.8 Å². The average Bonchev–Trinajstić information content (AvgIpc) is 2.29. The van der Waals surface area contributed by atoms with E-state index in [1.165, 1.54) is 6.07 Å². The molecule has 0 aliphatic heterocycles. The Morgan fingerprint density at radius 3 is 2.78 bits per heavy atom. The number of hydrogen-bond acceptors (Lipinski definition) is 1. The first-order valence-corrected chi connectivity index (χ1v) is 7.04. The Morgan fingerprint density at radius 1 is 1.50 bits per heavy atom. The van der Waals surface area contributed by atoms with Crippen LogP contribution in [0.2, 0.25) is 0 Å². The minimum absolute atomic E-state index is 0.173. The Bertz CT molecular complexity index is 457. The van der Waals surface area contributed by atoms with Gasteiger partial charge in [0.1, 0.15) is 5.82 Å². The quantitative estimate of drug-likeness (QED) is 0.783. The predicted molar refractivity (Wildman–Crippen MR) is 73.5 cm³/mol. The second kappa shape index (κ2) is 5.39. The number of aryl methyl sites for hydroxylation is 1. The number of carbonyl (C=O) groups excluding carboxylic acids is 1. The van der Waals surface area contributed by atoms with Crippen LogP contribution in [0.15, 0.2) is 18.2 Å². The molecule has 0 heterocycles. The van der Waals surface area contributed by atoms with Gasteiger partial charge in [-0.2, -0.15) is 0 Å². The Morgan fingerprint density at radius 2 is 2.17 bits per heavy atom. The first-order valence-electron chi connectivity index (χ1n) is 6.13. The maximum atomic E-state index is 13.6. The molecule has 0 radical (unpaired) electrons. The normalized spacial score (nSPS) is 22.4. The van der Waals surface area contributed by atoms with Gasteiger partial charge in [0.25, 0.3) is 5.91 Å². The number of benzene rings is 1. The third-order valence-electron chi connectivity index (χ3n) is 3.41. The largest absolute Gasteiger partial charge is 0.341 e. The van der Waals surface area contributed by atoms with Gasteiger partial charge in [-0.3, -0.25) is 4.79 Å². The van der Waals surface area contributed by atoms with E-state index < -0.39 is 5.82 Å². The van der Waals surface area contributed by atoms with Gasteiger partial charge >= 0.3 is 0 Å². The minimum atomic E-state index is -0.440. The highest BCUT2D eigenvalue weighted by Crippen LogP contribution is 2.33. The van der Waals surface area contributed by atoms with Gasteiger partial charge < -0.3 is 4.90 Å². The molecule has 0 unspecified atom stereocenters. The monoisotopic (exact) mass is 313 g/mol. The second-order valence-electron chi connectivity index (χ2n) is 5.10. The smallest absolute Gasteiger partial charge is 0.256 e. The molecule has 0 N–H and O–H groups in total. The van der Waals surface area contributed by atoms with Crippen LogP contribution in [-0.4, -0.2) is 29.2 Å². The molecule has 1 aromatic carbocycles. The van der Waals surface area contributed by atoms with E-state index in [1.54, 1.807) is 24.1 Å². The zero-order valence-corrected chi connectivity index (χ0v) is 12.2. The van der Waals surface area contributed by atoms with Gasteiger partial charge in [0.15, 0.2) is 0 Å². The standard InChI is InChI=1S/C14H17BrFNO/c1-9-3-4-13(16)12(5-9)14(18)17(2)8-10-6-11(15)7-10/h3-5,10-11H,6-8H2,1-2H3. The number of amides is 1. The second-order valence-corrected chi connectivity index (χ2v) is 6.40. The van der Waals surface area contributed by atoms with E-state index in [4.69, 9.17) is 0 Å². The van der Waals surface area contributed by atoms with Crippen LogP contribution >= 0.6 is 15.9 Å². The third kappa shape index (κ3) is 2.91. The fourth-order valence-corrected chi connectivity index (χ4v) is 3.34. The summed E-state index contributed by atoms with van der Waals surface area (Å²) >= 11 is 3.53. The highest BCUT2D eigenvalue weighted by molar-refractivity contribution is 9.09. The number of rotatable bonds is 3. The van der Waals surface area contributed by atoms with Gasteiger partial charge in [0, 0.05) is 18.4 Å². The van der Waals surface area contributed by atoms with Gasteiger partial charge in [-0.1, -0.05) is 27.6 Å². The highest BCUT2D eigenvalue weighted by atomic mass is 79.9. The van der Waals surface area contributed by atoms with E-state index in [0.717, 1.165) is 18.4 Å². The van der Waals surface area contributed by atoms with Crippen molar-refractivity contribution in [3.8, 4) is 0 Å². The van der Waals surface area contributed by atoms with Gasteiger partial charge in [0.05, 0.1) is 5.56 Å². The van der Waals surface area contributed by atoms with Crippen molar-refractivity contribution < 1.29 is 9.18 Å². The molecule has 1 aromatic rings. The number of alkyl halides is 1. The van der Waals surface area contributed by atoms with E-state index in [-0.39, 0.29) is 11.5 Å². The van der Waals surface area contributed by atoms with E-state index in [9.17, 15) is 9.18 Å². The number of halogens is 2. The van der Waals surface area contributed by atoms with Crippen molar-refractivity contribution in [2.24, 2.45) is 5.92 Å².